The molecule has 1 heterocycles. The van der Waals surface area contributed by atoms with E-state index in [-0.39, 0.29) is 11.8 Å². The molecule has 0 radical (unpaired) electrons. The summed E-state index contributed by atoms with van der Waals surface area (Å²) >= 11 is 8.78. The Balaban J connectivity index is 3.12. The second kappa shape index (κ2) is 3.31. The predicted octanol–water partition coefficient (Wildman–Crippen LogP) is 2.64. The molecule has 9 heteroatoms. The zero-order chi connectivity index (χ0) is 11.2. The van der Waals surface area contributed by atoms with Crippen molar-refractivity contribution in [2.24, 2.45) is 0 Å². The molecule has 0 unspecified atom stereocenters. The number of carbonyl (C=O) groups is 1. The summed E-state index contributed by atoms with van der Waals surface area (Å²) in [4.78, 5) is 7.00. The van der Waals surface area contributed by atoms with Crippen molar-refractivity contribution in [3.63, 3.8) is 0 Å². The van der Waals surface area contributed by atoms with Crippen molar-refractivity contribution in [3.05, 3.63) is 0 Å². The smallest absolute Gasteiger partial charge is 0.377 e. The van der Waals surface area contributed by atoms with Crippen LogP contribution in [0.1, 0.15) is 0 Å². The lowest BCUT2D eigenvalue weighted by Gasteiger charge is -2.33. The molecule has 0 aromatic carbocycles. The lowest BCUT2D eigenvalue weighted by Crippen LogP contribution is -2.53. The van der Waals surface area contributed by atoms with Crippen molar-refractivity contribution in [2.75, 3.05) is 5.75 Å². The largest absolute Gasteiger partial charge is 0.431 e. The van der Waals surface area contributed by atoms with E-state index in [9.17, 15) is 22.4 Å². The molecular weight excluding hydrogens is 271 g/mol. The highest BCUT2D eigenvalue weighted by atomic mass is 35.5. The third-order valence-electron chi connectivity index (χ3n) is 1.40. The zero-order valence-corrected chi connectivity index (χ0v) is 8.53. The maximum absolute atomic E-state index is 12.7. The molecule has 1 rings (SSSR count). The molecule has 0 aromatic rings. The fourth-order valence-corrected chi connectivity index (χ4v) is 2.37. The van der Waals surface area contributed by atoms with E-state index < -0.39 is 27.4 Å². The highest BCUT2D eigenvalue weighted by molar-refractivity contribution is 8.01. The van der Waals surface area contributed by atoms with Gasteiger partial charge in [-0.2, -0.15) is 17.6 Å². The second-order valence-electron chi connectivity index (χ2n) is 2.37. The van der Waals surface area contributed by atoms with Gasteiger partial charge in [-0.1, -0.05) is 11.8 Å². The second-order valence-corrected chi connectivity index (χ2v) is 4.48. The molecule has 1 saturated heterocycles. The summed E-state index contributed by atoms with van der Waals surface area (Å²) in [6.45, 7) is 0. The highest BCUT2D eigenvalue weighted by Gasteiger charge is 2.73. The summed E-state index contributed by atoms with van der Waals surface area (Å²) in [6, 6.07) is 0. The van der Waals surface area contributed by atoms with Crippen molar-refractivity contribution in [3.8, 4) is 0 Å². The molecule has 0 saturated carbocycles. The standard InChI is InChI=1S/C5H2Cl2F4O2S/c6-4(8,9)3(5(7,10)11)13-2(12)1-14-3/h1H2. The molecule has 0 amide bonds. The molecule has 1 fully saturated rings. The fraction of sp³-hybridized carbons (Fsp3) is 0.800. The van der Waals surface area contributed by atoms with Crippen LogP contribution in [0, 0.1) is 0 Å². The van der Waals surface area contributed by atoms with E-state index in [2.05, 4.69) is 27.9 Å². The van der Waals surface area contributed by atoms with Crippen LogP contribution < -0.4 is 0 Å². The Hall–Kier alpha value is 0.120. The van der Waals surface area contributed by atoms with Gasteiger partial charge in [0, 0.05) is 0 Å². The molecule has 2 nitrogen and oxygen atoms in total. The van der Waals surface area contributed by atoms with Gasteiger partial charge in [-0.25, -0.2) is 0 Å². The number of carbonyl (C=O) groups excluding carboxylic acids is 1. The first kappa shape index (κ1) is 12.2. The van der Waals surface area contributed by atoms with E-state index in [4.69, 9.17) is 0 Å². The number of hydrogen-bond donors (Lipinski definition) is 0. The van der Waals surface area contributed by atoms with Crippen LogP contribution in [-0.2, 0) is 9.53 Å². The Labute approximate surface area is 89.9 Å². The first-order valence-corrected chi connectivity index (χ1v) is 4.83. The number of halogens is 6. The number of ether oxygens (including phenoxy) is 1. The summed E-state index contributed by atoms with van der Waals surface area (Å²) in [5, 5.41) is -8.90. The van der Waals surface area contributed by atoms with Crippen LogP contribution in [0.3, 0.4) is 0 Å². The van der Waals surface area contributed by atoms with E-state index in [0.717, 1.165) is 0 Å². The topological polar surface area (TPSA) is 26.3 Å². The summed E-state index contributed by atoms with van der Waals surface area (Å²) in [6.07, 6.45) is 0. The molecule has 14 heavy (non-hydrogen) atoms. The van der Waals surface area contributed by atoms with Gasteiger partial charge in [-0.15, -0.1) is 0 Å². The van der Waals surface area contributed by atoms with Gasteiger partial charge in [-0.3, -0.25) is 4.79 Å². The van der Waals surface area contributed by atoms with E-state index >= 15 is 0 Å². The van der Waals surface area contributed by atoms with E-state index in [1.165, 1.54) is 0 Å². The van der Waals surface area contributed by atoms with Crippen LogP contribution in [-0.4, -0.2) is 27.4 Å². The fourth-order valence-electron chi connectivity index (χ4n) is 0.820. The molecule has 0 atom stereocenters. The molecule has 0 aliphatic carbocycles. The molecule has 0 spiro atoms. The van der Waals surface area contributed by atoms with Gasteiger partial charge < -0.3 is 4.74 Å². The summed E-state index contributed by atoms with van der Waals surface area (Å²) in [5.41, 5.74) is 0. The zero-order valence-electron chi connectivity index (χ0n) is 6.20. The Morgan fingerprint density at radius 1 is 1.29 bits per heavy atom. The van der Waals surface area contributed by atoms with Crippen molar-refractivity contribution in [1.29, 1.82) is 0 Å². The lowest BCUT2D eigenvalue weighted by atomic mass is 10.3. The average molecular weight is 273 g/mol. The molecule has 82 valence electrons. The van der Waals surface area contributed by atoms with Gasteiger partial charge in [0.25, 0.3) is 0 Å². The van der Waals surface area contributed by atoms with Crippen molar-refractivity contribution in [1.82, 2.24) is 0 Å². The third kappa shape index (κ3) is 1.77. The van der Waals surface area contributed by atoms with Gasteiger partial charge >= 0.3 is 21.7 Å². The number of cyclic esters (lactones) is 1. The molecule has 0 N–H and O–H groups in total. The van der Waals surface area contributed by atoms with Crippen molar-refractivity contribution in [2.45, 2.75) is 15.7 Å². The van der Waals surface area contributed by atoms with Crippen LogP contribution >= 0.6 is 35.0 Å². The molecule has 1 aliphatic heterocycles. The number of hydrogen-bond acceptors (Lipinski definition) is 3. The normalized spacial score (nSPS) is 22.3. The Morgan fingerprint density at radius 2 is 1.71 bits per heavy atom. The van der Waals surface area contributed by atoms with Crippen molar-refractivity contribution >= 4 is 40.9 Å². The predicted molar refractivity (Wildman–Crippen MR) is 42.9 cm³/mol. The minimum atomic E-state index is -4.45. The van der Waals surface area contributed by atoms with Gasteiger partial charge in [0.15, 0.2) is 0 Å². The Morgan fingerprint density at radius 3 is 1.86 bits per heavy atom. The minimum Gasteiger partial charge on any atom is -0.431 e. The number of thioether (sulfide) groups is 1. The maximum Gasteiger partial charge on any atom is 0.377 e. The third-order valence-corrected chi connectivity index (χ3v) is 3.54. The van der Waals surface area contributed by atoms with Crippen LogP contribution in [0.15, 0.2) is 0 Å². The SMILES string of the molecule is O=C1CSC(C(F)(F)Cl)(C(F)(F)Cl)O1. The quantitative estimate of drug-likeness (QED) is 0.439. The van der Waals surface area contributed by atoms with Gasteiger partial charge in [0.2, 0.25) is 0 Å². The molecule has 0 aromatic heterocycles. The highest BCUT2D eigenvalue weighted by Crippen LogP contribution is 2.57. The number of esters is 1. The molecule has 1 aliphatic rings. The van der Waals surface area contributed by atoms with E-state index in [0.29, 0.717) is 0 Å². The van der Waals surface area contributed by atoms with E-state index in [1.807, 2.05) is 0 Å². The summed E-state index contributed by atoms with van der Waals surface area (Å²) < 4.78 is 54.5. The minimum absolute atomic E-state index is 0.124. The van der Waals surface area contributed by atoms with Gasteiger partial charge in [0.1, 0.15) is 0 Å². The van der Waals surface area contributed by atoms with Crippen LogP contribution in [0.25, 0.3) is 0 Å². The monoisotopic (exact) mass is 272 g/mol. The average Bonchev–Trinajstić information content (AvgIpc) is 2.28. The van der Waals surface area contributed by atoms with Crippen LogP contribution in [0.5, 0.6) is 0 Å². The Kier molecular flexibility index (Phi) is 2.88. The van der Waals surface area contributed by atoms with Crippen LogP contribution in [0.4, 0.5) is 17.6 Å². The van der Waals surface area contributed by atoms with Crippen LogP contribution in [0.2, 0.25) is 0 Å². The van der Waals surface area contributed by atoms with Gasteiger partial charge in [0.05, 0.1) is 5.75 Å². The Bertz CT molecular complexity index is 247. The first-order chi connectivity index (χ1) is 6.10. The van der Waals surface area contributed by atoms with E-state index in [1.54, 1.807) is 0 Å². The number of alkyl halides is 6. The summed E-state index contributed by atoms with van der Waals surface area (Å²) in [7, 11) is 0. The lowest BCUT2D eigenvalue weighted by molar-refractivity contribution is -0.192. The van der Waals surface area contributed by atoms with Crippen molar-refractivity contribution < 1.29 is 27.1 Å². The number of rotatable bonds is 2. The molecule has 0 bridgehead atoms. The maximum atomic E-state index is 12.7. The first-order valence-electron chi connectivity index (χ1n) is 3.09. The summed E-state index contributed by atoms with van der Waals surface area (Å²) in [5.74, 6) is -1.86. The molecular formula is C5H2Cl2F4O2S. The van der Waals surface area contributed by atoms with Gasteiger partial charge in [-0.05, 0) is 23.2 Å².